The summed E-state index contributed by atoms with van der Waals surface area (Å²) in [6, 6.07) is 10.1. The van der Waals surface area contributed by atoms with Crippen LogP contribution in [0.2, 0.25) is 0 Å². The Hall–Kier alpha value is -1.57. The van der Waals surface area contributed by atoms with E-state index in [-0.39, 0.29) is 0 Å². The lowest BCUT2D eigenvalue weighted by Crippen LogP contribution is -1.89. The minimum atomic E-state index is 0.447. The topological polar surface area (TPSA) is 26.3 Å². The van der Waals surface area contributed by atoms with E-state index >= 15 is 0 Å². The smallest absolute Gasteiger partial charge is 0.417 e. The van der Waals surface area contributed by atoms with Crippen molar-refractivity contribution in [2.45, 2.75) is 12.8 Å². The zero-order valence-electron chi connectivity index (χ0n) is 7.98. The molecule has 1 aromatic carbocycles. The lowest BCUT2D eigenvalue weighted by Gasteiger charge is -1.93. The molecule has 0 N–H and O–H groups in total. The molecule has 0 saturated carbocycles. The van der Waals surface area contributed by atoms with Crippen LogP contribution < -0.4 is 0 Å². The first kappa shape index (κ1) is 10.5. The maximum atomic E-state index is 9.69. The lowest BCUT2D eigenvalue weighted by atomic mass is 10.2. The molecular weight excluding hydrogens is 176 g/mol. The van der Waals surface area contributed by atoms with Crippen LogP contribution in [-0.2, 0) is 9.53 Å². The number of benzene rings is 1. The number of allylic oxidation sites excluding steroid dienone is 1. The van der Waals surface area contributed by atoms with Gasteiger partial charge in [-0.3, -0.25) is 0 Å². The molecule has 0 saturated heterocycles. The third kappa shape index (κ3) is 4.45. The molecule has 1 rings (SSSR count). The molecule has 0 unspecified atom stereocenters. The van der Waals surface area contributed by atoms with E-state index in [1.54, 1.807) is 0 Å². The highest BCUT2D eigenvalue weighted by molar-refractivity contribution is 5.48. The number of hydrogen-bond donors (Lipinski definition) is 0. The zero-order valence-corrected chi connectivity index (χ0v) is 7.98. The maximum Gasteiger partial charge on any atom is 0.417 e. The van der Waals surface area contributed by atoms with E-state index < -0.39 is 0 Å². The van der Waals surface area contributed by atoms with Crippen LogP contribution in [0.25, 0.3) is 6.08 Å². The van der Waals surface area contributed by atoms with E-state index in [9.17, 15) is 4.79 Å². The largest absolute Gasteiger partial charge is 0.457 e. The van der Waals surface area contributed by atoms with Gasteiger partial charge in [0, 0.05) is 0 Å². The summed E-state index contributed by atoms with van der Waals surface area (Å²) in [4.78, 5) is 9.69. The van der Waals surface area contributed by atoms with Gasteiger partial charge in [0.05, 0.1) is 6.61 Å². The number of rotatable bonds is 6. The Balaban J connectivity index is 2.18. The summed E-state index contributed by atoms with van der Waals surface area (Å²) >= 11 is 0. The molecule has 0 bridgehead atoms. The van der Waals surface area contributed by atoms with Gasteiger partial charge in [-0.05, 0) is 18.4 Å². The first-order valence-corrected chi connectivity index (χ1v) is 4.64. The molecule has 2 nitrogen and oxygen atoms in total. The Morgan fingerprint density at radius 2 is 2.07 bits per heavy atom. The average molecular weight is 189 g/mol. The number of ether oxygens (including phenoxy) is 1. The maximum absolute atomic E-state index is 9.69. The van der Waals surface area contributed by atoms with Crippen molar-refractivity contribution >= 4 is 12.5 Å². The van der Waals surface area contributed by atoms with Crippen molar-refractivity contribution in [3.05, 3.63) is 42.0 Å². The summed E-state index contributed by atoms with van der Waals surface area (Å²) in [5.74, 6) is 0. The highest BCUT2D eigenvalue weighted by atomic mass is 16.5. The molecule has 0 fully saturated rings. The van der Waals surface area contributed by atoms with Crippen molar-refractivity contribution in [1.82, 2.24) is 0 Å². The van der Waals surface area contributed by atoms with E-state index in [1.807, 2.05) is 30.3 Å². The first-order chi connectivity index (χ1) is 6.93. The fourth-order valence-electron chi connectivity index (χ4n) is 1.10. The number of carbonyl (C=O) groups excluding carboxylic acids is 1. The van der Waals surface area contributed by atoms with Gasteiger partial charge in [-0.1, -0.05) is 42.5 Å². The first-order valence-electron chi connectivity index (χ1n) is 4.64. The van der Waals surface area contributed by atoms with Crippen LogP contribution in [0.3, 0.4) is 0 Å². The molecule has 1 radical (unpaired) electrons. The molecule has 0 aromatic heterocycles. The molecule has 0 aliphatic rings. The predicted octanol–water partition coefficient (Wildman–Crippen LogP) is 2.56. The molecule has 0 aliphatic carbocycles. The van der Waals surface area contributed by atoms with Crippen LogP contribution in [0.4, 0.5) is 0 Å². The lowest BCUT2D eigenvalue weighted by molar-refractivity contribution is 0.274. The van der Waals surface area contributed by atoms with Crippen LogP contribution in [0.5, 0.6) is 0 Å². The Morgan fingerprint density at radius 1 is 1.29 bits per heavy atom. The molecule has 14 heavy (non-hydrogen) atoms. The van der Waals surface area contributed by atoms with Crippen LogP contribution in [0.1, 0.15) is 18.4 Å². The van der Waals surface area contributed by atoms with Gasteiger partial charge < -0.3 is 4.74 Å². The Kier molecular flexibility index (Phi) is 5.18. The fraction of sp³-hybridized carbons (Fsp3) is 0.250. The number of unbranched alkanes of at least 4 members (excludes halogenated alkanes) is 1. The van der Waals surface area contributed by atoms with Gasteiger partial charge in [0.2, 0.25) is 0 Å². The number of hydrogen-bond acceptors (Lipinski definition) is 2. The molecule has 0 heterocycles. The molecule has 1 aromatic rings. The van der Waals surface area contributed by atoms with Crippen molar-refractivity contribution in [2.24, 2.45) is 0 Å². The second-order valence-electron chi connectivity index (χ2n) is 2.89. The molecule has 0 amide bonds. The van der Waals surface area contributed by atoms with Crippen LogP contribution >= 0.6 is 0 Å². The molecule has 0 aliphatic heterocycles. The Bertz CT molecular complexity index is 278. The van der Waals surface area contributed by atoms with E-state index in [4.69, 9.17) is 0 Å². The second-order valence-corrected chi connectivity index (χ2v) is 2.89. The van der Waals surface area contributed by atoms with Crippen molar-refractivity contribution in [3.8, 4) is 0 Å². The SMILES string of the molecule is O=[C]OCCC/C=C/c1ccccc1. The fourth-order valence-corrected chi connectivity index (χ4v) is 1.10. The second kappa shape index (κ2) is 6.89. The van der Waals surface area contributed by atoms with E-state index in [0.717, 1.165) is 12.8 Å². The van der Waals surface area contributed by atoms with Crippen LogP contribution in [-0.4, -0.2) is 13.1 Å². The summed E-state index contributed by atoms with van der Waals surface area (Å²) in [5.41, 5.74) is 1.19. The summed E-state index contributed by atoms with van der Waals surface area (Å²) in [6.07, 6.45) is 5.89. The minimum Gasteiger partial charge on any atom is -0.457 e. The summed E-state index contributed by atoms with van der Waals surface area (Å²) < 4.78 is 4.45. The summed E-state index contributed by atoms with van der Waals surface area (Å²) in [7, 11) is 0. The van der Waals surface area contributed by atoms with E-state index in [0.29, 0.717) is 6.61 Å². The van der Waals surface area contributed by atoms with Gasteiger partial charge in [0.15, 0.2) is 0 Å². The van der Waals surface area contributed by atoms with Crippen LogP contribution in [0, 0.1) is 0 Å². The van der Waals surface area contributed by atoms with Gasteiger partial charge in [0.25, 0.3) is 0 Å². The standard InChI is InChI=1S/C12H13O2/c13-11-14-10-6-2-5-9-12-7-3-1-4-8-12/h1,3-5,7-9H,2,6,10H2/b9-5+. The molecular formula is C12H13O2. The molecule has 0 spiro atoms. The monoisotopic (exact) mass is 189 g/mol. The van der Waals surface area contributed by atoms with Gasteiger partial charge in [-0.25, -0.2) is 4.79 Å². The Morgan fingerprint density at radius 3 is 2.79 bits per heavy atom. The van der Waals surface area contributed by atoms with E-state index in [2.05, 4.69) is 16.9 Å². The summed E-state index contributed by atoms with van der Waals surface area (Å²) in [6.45, 7) is 1.85. The van der Waals surface area contributed by atoms with Crippen molar-refractivity contribution in [3.63, 3.8) is 0 Å². The predicted molar refractivity (Wildman–Crippen MR) is 56.4 cm³/mol. The van der Waals surface area contributed by atoms with Crippen molar-refractivity contribution < 1.29 is 9.53 Å². The quantitative estimate of drug-likeness (QED) is 0.643. The van der Waals surface area contributed by atoms with E-state index in [1.165, 1.54) is 12.0 Å². The van der Waals surface area contributed by atoms with Gasteiger partial charge >= 0.3 is 6.47 Å². The summed E-state index contributed by atoms with van der Waals surface area (Å²) in [5, 5.41) is 0. The Labute approximate surface area is 84.2 Å². The average Bonchev–Trinajstić information content (AvgIpc) is 2.25. The molecule has 73 valence electrons. The van der Waals surface area contributed by atoms with Gasteiger partial charge in [-0.2, -0.15) is 0 Å². The normalized spacial score (nSPS) is 10.3. The molecule has 2 heteroatoms. The van der Waals surface area contributed by atoms with Gasteiger partial charge in [-0.15, -0.1) is 0 Å². The highest BCUT2D eigenvalue weighted by Crippen LogP contribution is 2.02. The van der Waals surface area contributed by atoms with Crippen molar-refractivity contribution in [2.75, 3.05) is 6.61 Å². The van der Waals surface area contributed by atoms with Crippen molar-refractivity contribution in [1.29, 1.82) is 0 Å². The third-order valence-electron chi connectivity index (χ3n) is 1.79. The minimum absolute atomic E-state index is 0.447. The third-order valence-corrected chi connectivity index (χ3v) is 1.79. The molecule has 0 atom stereocenters. The van der Waals surface area contributed by atoms with Crippen LogP contribution in [0.15, 0.2) is 36.4 Å². The highest BCUT2D eigenvalue weighted by Gasteiger charge is 1.85. The van der Waals surface area contributed by atoms with Gasteiger partial charge in [0.1, 0.15) is 0 Å². The zero-order chi connectivity index (χ0) is 10.1.